The minimum Gasteiger partial charge on any atom is -0.338 e. The maximum absolute atomic E-state index is 12.9. The summed E-state index contributed by atoms with van der Waals surface area (Å²) in [4.78, 5) is 14.9. The van der Waals surface area contributed by atoms with Crippen molar-refractivity contribution in [2.45, 2.75) is 45.7 Å². The van der Waals surface area contributed by atoms with Gasteiger partial charge in [-0.3, -0.25) is 9.48 Å². The molecule has 0 radical (unpaired) electrons. The number of benzene rings is 1. The summed E-state index contributed by atoms with van der Waals surface area (Å²) in [7, 11) is 0. The predicted molar refractivity (Wildman–Crippen MR) is 102 cm³/mol. The number of halogens is 1. The fourth-order valence-corrected chi connectivity index (χ4v) is 3.51. The van der Waals surface area contributed by atoms with E-state index in [2.05, 4.69) is 10.3 Å². The van der Waals surface area contributed by atoms with Crippen LogP contribution in [0.2, 0.25) is 5.02 Å². The van der Waals surface area contributed by atoms with Gasteiger partial charge in [0.25, 0.3) is 5.91 Å². The van der Waals surface area contributed by atoms with Gasteiger partial charge in [-0.25, -0.2) is 0 Å². The van der Waals surface area contributed by atoms with Gasteiger partial charge in [0.15, 0.2) is 0 Å². The maximum atomic E-state index is 12.9. The van der Waals surface area contributed by atoms with Gasteiger partial charge in [0.05, 0.1) is 11.7 Å². The van der Waals surface area contributed by atoms with Crippen molar-refractivity contribution in [3.63, 3.8) is 0 Å². The Hall–Kier alpha value is -1.92. The third-order valence-corrected chi connectivity index (χ3v) is 5.12. The fourth-order valence-electron chi connectivity index (χ4n) is 3.34. The molecule has 1 fully saturated rings. The van der Waals surface area contributed by atoms with Gasteiger partial charge in [-0.1, -0.05) is 22.9 Å². The van der Waals surface area contributed by atoms with Crippen LogP contribution in [0.4, 0.5) is 0 Å². The monoisotopic (exact) mass is 375 g/mol. The lowest BCUT2D eigenvalue weighted by Gasteiger charge is -2.33. The average Bonchev–Trinajstić information content (AvgIpc) is 3.05. The molecule has 2 heterocycles. The first kappa shape index (κ1) is 18.9. The van der Waals surface area contributed by atoms with Crippen molar-refractivity contribution >= 4 is 17.5 Å². The molecule has 2 N–H and O–H groups in total. The topological polar surface area (TPSA) is 77.0 Å². The lowest BCUT2D eigenvalue weighted by molar-refractivity contribution is 0.0658. The SMILES string of the molecule is Cc1ccc(Cl)cc1C(=O)N1CCCC(Cn2cc(C(C)(C)N)nn2)C1. The molecule has 3 rings (SSSR count). The molecule has 1 aromatic heterocycles. The van der Waals surface area contributed by atoms with Crippen LogP contribution in [-0.2, 0) is 12.1 Å². The zero-order valence-corrected chi connectivity index (χ0v) is 16.3. The Morgan fingerprint density at radius 1 is 1.42 bits per heavy atom. The summed E-state index contributed by atoms with van der Waals surface area (Å²) >= 11 is 6.08. The number of aromatic nitrogens is 3. The number of nitrogens with two attached hydrogens (primary N) is 1. The zero-order chi connectivity index (χ0) is 18.9. The quantitative estimate of drug-likeness (QED) is 0.891. The smallest absolute Gasteiger partial charge is 0.254 e. The minimum absolute atomic E-state index is 0.0528. The molecule has 1 aliphatic rings. The van der Waals surface area contributed by atoms with Crippen LogP contribution in [-0.4, -0.2) is 38.9 Å². The van der Waals surface area contributed by atoms with Crippen molar-refractivity contribution in [1.29, 1.82) is 0 Å². The molecule has 0 saturated carbocycles. The Morgan fingerprint density at radius 3 is 2.88 bits per heavy atom. The molecule has 0 bridgehead atoms. The molecule has 1 aromatic carbocycles. The lowest BCUT2D eigenvalue weighted by atomic mass is 9.96. The average molecular weight is 376 g/mol. The van der Waals surface area contributed by atoms with Crippen LogP contribution in [0.5, 0.6) is 0 Å². The largest absolute Gasteiger partial charge is 0.338 e. The van der Waals surface area contributed by atoms with Crippen molar-refractivity contribution in [2.24, 2.45) is 11.7 Å². The molecule has 2 aromatic rings. The molecule has 1 aliphatic heterocycles. The Labute approximate surface area is 159 Å². The van der Waals surface area contributed by atoms with Crippen LogP contribution < -0.4 is 5.73 Å². The normalized spacial score (nSPS) is 18.2. The van der Waals surface area contributed by atoms with Crippen molar-refractivity contribution < 1.29 is 4.79 Å². The molecule has 1 unspecified atom stereocenters. The van der Waals surface area contributed by atoms with Gasteiger partial charge in [-0.05, 0) is 57.2 Å². The zero-order valence-electron chi connectivity index (χ0n) is 15.6. The summed E-state index contributed by atoms with van der Waals surface area (Å²) < 4.78 is 1.84. The Kier molecular flexibility index (Phi) is 5.34. The maximum Gasteiger partial charge on any atom is 0.254 e. The Balaban J connectivity index is 1.68. The second-order valence-corrected chi connectivity index (χ2v) is 8.20. The van der Waals surface area contributed by atoms with E-state index in [1.807, 2.05) is 48.7 Å². The van der Waals surface area contributed by atoms with E-state index in [1.165, 1.54) is 0 Å². The van der Waals surface area contributed by atoms with Gasteiger partial charge in [-0.2, -0.15) is 0 Å². The number of carbonyl (C=O) groups is 1. The first-order valence-electron chi connectivity index (χ1n) is 8.99. The van der Waals surface area contributed by atoms with Crippen molar-refractivity contribution in [2.75, 3.05) is 13.1 Å². The van der Waals surface area contributed by atoms with E-state index in [0.29, 0.717) is 23.0 Å². The van der Waals surface area contributed by atoms with Gasteiger partial charge in [0.2, 0.25) is 0 Å². The van der Waals surface area contributed by atoms with Gasteiger partial charge < -0.3 is 10.6 Å². The van der Waals surface area contributed by atoms with Crippen LogP contribution in [0.25, 0.3) is 0 Å². The van der Waals surface area contributed by atoms with Gasteiger partial charge in [0.1, 0.15) is 5.69 Å². The predicted octanol–water partition coefficient (Wildman–Crippen LogP) is 2.99. The molecular formula is C19H26ClN5O. The van der Waals surface area contributed by atoms with Crippen LogP contribution in [0, 0.1) is 12.8 Å². The van der Waals surface area contributed by atoms with Crippen LogP contribution in [0.15, 0.2) is 24.4 Å². The number of likely N-dealkylation sites (tertiary alicyclic amines) is 1. The standard InChI is InChI=1S/C19H26ClN5O/c1-13-6-7-15(20)9-16(13)18(26)24-8-4-5-14(10-24)11-25-12-17(22-23-25)19(2,3)21/h6-7,9,12,14H,4-5,8,10-11,21H2,1-3H3. The fraction of sp³-hybridized carbons (Fsp3) is 0.526. The number of aryl methyl sites for hydroxylation is 1. The van der Waals surface area contributed by atoms with Crippen molar-refractivity contribution in [3.8, 4) is 0 Å². The molecule has 1 atom stereocenters. The molecule has 7 heteroatoms. The van der Waals surface area contributed by atoms with E-state index in [1.54, 1.807) is 6.07 Å². The molecule has 1 saturated heterocycles. The molecule has 0 spiro atoms. The van der Waals surface area contributed by atoms with Crippen molar-refractivity contribution in [3.05, 3.63) is 46.2 Å². The summed E-state index contributed by atoms with van der Waals surface area (Å²) in [6, 6.07) is 5.46. The van der Waals surface area contributed by atoms with E-state index >= 15 is 0 Å². The number of carbonyl (C=O) groups excluding carboxylic acids is 1. The van der Waals surface area contributed by atoms with Gasteiger partial charge in [0, 0.05) is 30.2 Å². The highest BCUT2D eigenvalue weighted by Gasteiger charge is 2.26. The lowest BCUT2D eigenvalue weighted by Crippen LogP contribution is -2.41. The first-order chi connectivity index (χ1) is 12.2. The Bertz CT molecular complexity index is 795. The minimum atomic E-state index is -0.503. The molecule has 140 valence electrons. The highest BCUT2D eigenvalue weighted by Crippen LogP contribution is 2.23. The van der Waals surface area contributed by atoms with Gasteiger partial charge >= 0.3 is 0 Å². The summed E-state index contributed by atoms with van der Waals surface area (Å²) in [5.41, 5.74) is 7.98. The van der Waals surface area contributed by atoms with E-state index < -0.39 is 5.54 Å². The molecule has 1 amide bonds. The van der Waals surface area contributed by atoms with E-state index in [4.69, 9.17) is 17.3 Å². The Morgan fingerprint density at radius 2 is 2.19 bits per heavy atom. The highest BCUT2D eigenvalue weighted by molar-refractivity contribution is 6.31. The third-order valence-electron chi connectivity index (χ3n) is 4.88. The number of hydrogen-bond donors (Lipinski definition) is 1. The van der Waals surface area contributed by atoms with E-state index in [9.17, 15) is 4.79 Å². The number of rotatable bonds is 4. The summed E-state index contributed by atoms with van der Waals surface area (Å²) in [5, 5.41) is 8.95. The van der Waals surface area contributed by atoms with E-state index in [-0.39, 0.29) is 5.91 Å². The number of nitrogens with zero attached hydrogens (tertiary/aromatic N) is 4. The molecule has 0 aliphatic carbocycles. The van der Waals surface area contributed by atoms with Crippen molar-refractivity contribution in [1.82, 2.24) is 19.9 Å². The number of hydrogen-bond acceptors (Lipinski definition) is 4. The van der Waals surface area contributed by atoms with Crippen LogP contribution in [0.3, 0.4) is 0 Å². The molecule has 26 heavy (non-hydrogen) atoms. The summed E-state index contributed by atoms with van der Waals surface area (Å²) in [6.07, 6.45) is 3.96. The molecular weight excluding hydrogens is 350 g/mol. The second-order valence-electron chi connectivity index (χ2n) is 7.77. The highest BCUT2D eigenvalue weighted by atomic mass is 35.5. The number of amides is 1. The van der Waals surface area contributed by atoms with Crippen LogP contribution in [0.1, 0.15) is 48.3 Å². The summed E-state index contributed by atoms with van der Waals surface area (Å²) in [6.45, 7) is 8.00. The third kappa shape index (κ3) is 4.24. The summed E-state index contributed by atoms with van der Waals surface area (Å²) in [5.74, 6) is 0.402. The molecule has 6 nitrogen and oxygen atoms in total. The second kappa shape index (κ2) is 7.37. The number of piperidine rings is 1. The van der Waals surface area contributed by atoms with E-state index in [0.717, 1.165) is 37.2 Å². The first-order valence-corrected chi connectivity index (χ1v) is 9.37. The van der Waals surface area contributed by atoms with Crippen LogP contribution >= 0.6 is 11.6 Å². The van der Waals surface area contributed by atoms with Gasteiger partial charge in [-0.15, -0.1) is 5.10 Å².